The number of nitrogens with zero attached hydrogens (tertiary/aromatic N) is 1. The molecule has 1 atom stereocenters. The van der Waals surface area contributed by atoms with Gasteiger partial charge in [0.15, 0.2) is 5.96 Å². The highest BCUT2D eigenvalue weighted by Gasteiger charge is 2.22. The van der Waals surface area contributed by atoms with Crippen molar-refractivity contribution in [3.05, 3.63) is 65.7 Å². The quantitative estimate of drug-likeness (QED) is 0.560. The second kappa shape index (κ2) is 9.08. The second-order valence-corrected chi connectivity index (χ2v) is 7.14. The van der Waals surface area contributed by atoms with Crippen LogP contribution in [0, 0.1) is 0 Å². The van der Waals surface area contributed by atoms with Crippen LogP contribution in [0.5, 0.6) is 5.75 Å². The van der Waals surface area contributed by atoms with Gasteiger partial charge in [-0.2, -0.15) is 0 Å². The average Bonchev–Trinajstić information content (AvgIpc) is 2.63. The van der Waals surface area contributed by atoms with Crippen LogP contribution < -0.4 is 15.8 Å². The van der Waals surface area contributed by atoms with Crippen LogP contribution in [-0.4, -0.2) is 19.1 Å². The van der Waals surface area contributed by atoms with E-state index < -0.39 is 0 Å². The molecule has 1 heterocycles. The van der Waals surface area contributed by atoms with Crippen LogP contribution in [0.1, 0.15) is 43.9 Å². The van der Waals surface area contributed by atoms with Gasteiger partial charge in [0.05, 0.1) is 12.6 Å². The van der Waals surface area contributed by atoms with Crippen LogP contribution in [0.15, 0.2) is 59.6 Å². The number of nitrogens with one attached hydrogen (secondary N) is 1. The number of para-hydroxylation sites is 1. The van der Waals surface area contributed by atoms with Crippen molar-refractivity contribution in [3.63, 3.8) is 0 Å². The SMILES string of the molecule is Br.CC(C)(CCN=C(N)NC1CCOc2ccccc21)c1ccccc1. The zero-order valence-electron chi connectivity index (χ0n) is 15.4. The number of guanidine groups is 1. The van der Waals surface area contributed by atoms with Crippen molar-refractivity contribution in [2.45, 2.75) is 38.1 Å². The summed E-state index contributed by atoms with van der Waals surface area (Å²) in [6.07, 6.45) is 1.84. The highest BCUT2D eigenvalue weighted by atomic mass is 79.9. The van der Waals surface area contributed by atoms with Crippen LogP contribution >= 0.6 is 17.0 Å². The maximum atomic E-state index is 6.13. The largest absolute Gasteiger partial charge is 0.493 e. The van der Waals surface area contributed by atoms with E-state index in [2.05, 4.69) is 54.5 Å². The lowest BCUT2D eigenvalue weighted by molar-refractivity contribution is 0.262. The van der Waals surface area contributed by atoms with Gasteiger partial charge in [0.2, 0.25) is 0 Å². The van der Waals surface area contributed by atoms with Gasteiger partial charge in [0.25, 0.3) is 0 Å². The summed E-state index contributed by atoms with van der Waals surface area (Å²) in [5, 5.41) is 3.35. The van der Waals surface area contributed by atoms with Crippen molar-refractivity contribution in [3.8, 4) is 5.75 Å². The van der Waals surface area contributed by atoms with Gasteiger partial charge in [-0.1, -0.05) is 62.4 Å². The van der Waals surface area contributed by atoms with Crippen molar-refractivity contribution in [2.24, 2.45) is 10.7 Å². The first-order valence-electron chi connectivity index (χ1n) is 8.90. The number of halogens is 1. The number of nitrogens with two attached hydrogens (primary N) is 1. The molecule has 0 aromatic heterocycles. The number of rotatable bonds is 5. The lowest BCUT2D eigenvalue weighted by Gasteiger charge is -2.27. The summed E-state index contributed by atoms with van der Waals surface area (Å²) in [5.41, 5.74) is 8.69. The third-order valence-electron chi connectivity index (χ3n) is 4.85. The minimum absolute atomic E-state index is 0. The van der Waals surface area contributed by atoms with Gasteiger partial charge >= 0.3 is 0 Å². The Bertz CT molecular complexity index is 731. The number of fused-ring (bicyclic) bond motifs is 1. The number of benzene rings is 2. The predicted octanol–water partition coefficient (Wildman–Crippen LogP) is 4.36. The molecular weight excluding hydrogens is 390 g/mol. The molecule has 3 N–H and O–H groups in total. The van der Waals surface area contributed by atoms with E-state index in [4.69, 9.17) is 10.5 Å². The second-order valence-electron chi connectivity index (χ2n) is 7.14. The highest BCUT2D eigenvalue weighted by Crippen LogP contribution is 2.31. The van der Waals surface area contributed by atoms with Crippen LogP contribution in [0.3, 0.4) is 0 Å². The maximum Gasteiger partial charge on any atom is 0.189 e. The molecule has 4 nitrogen and oxygen atoms in total. The minimum atomic E-state index is 0. The molecule has 2 aromatic carbocycles. The molecule has 0 radical (unpaired) electrons. The molecule has 2 aromatic rings. The lowest BCUT2D eigenvalue weighted by Crippen LogP contribution is -2.37. The van der Waals surface area contributed by atoms with Crippen molar-refractivity contribution < 1.29 is 4.74 Å². The Morgan fingerprint density at radius 3 is 2.62 bits per heavy atom. The molecule has 0 saturated heterocycles. The van der Waals surface area contributed by atoms with Crippen LogP contribution in [0.2, 0.25) is 0 Å². The van der Waals surface area contributed by atoms with E-state index in [1.165, 1.54) is 5.56 Å². The average molecular weight is 418 g/mol. The zero-order valence-corrected chi connectivity index (χ0v) is 17.2. The van der Waals surface area contributed by atoms with Gasteiger partial charge in [-0.05, 0) is 23.5 Å². The molecular formula is C21H28BrN3O. The fraction of sp³-hybridized carbons (Fsp3) is 0.381. The van der Waals surface area contributed by atoms with Crippen molar-refractivity contribution in [2.75, 3.05) is 13.2 Å². The van der Waals surface area contributed by atoms with Crippen LogP contribution in [-0.2, 0) is 5.41 Å². The first-order chi connectivity index (χ1) is 12.1. The van der Waals surface area contributed by atoms with Crippen LogP contribution in [0.25, 0.3) is 0 Å². The Balaban J connectivity index is 0.00000243. The molecule has 1 unspecified atom stereocenters. The van der Waals surface area contributed by atoms with E-state index in [0.29, 0.717) is 19.1 Å². The summed E-state index contributed by atoms with van der Waals surface area (Å²) in [5.74, 6) is 1.44. The molecule has 0 spiro atoms. The van der Waals surface area contributed by atoms with E-state index >= 15 is 0 Å². The number of hydrogen-bond acceptors (Lipinski definition) is 2. The smallest absolute Gasteiger partial charge is 0.189 e. The molecule has 0 bridgehead atoms. The van der Waals surface area contributed by atoms with Gasteiger partial charge in [-0.15, -0.1) is 17.0 Å². The Labute approximate surface area is 166 Å². The highest BCUT2D eigenvalue weighted by molar-refractivity contribution is 8.93. The molecule has 0 saturated carbocycles. The first-order valence-corrected chi connectivity index (χ1v) is 8.90. The Kier molecular flexibility index (Phi) is 7.09. The van der Waals surface area contributed by atoms with Crippen molar-refractivity contribution in [1.29, 1.82) is 0 Å². The molecule has 26 heavy (non-hydrogen) atoms. The summed E-state index contributed by atoms with van der Waals surface area (Å²) in [4.78, 5) is 4.54. The number of hydrogen-bond donors (Lipinski definition) is 2. The minimum Gasteiger partial charge on any atom is -0.493 e. The van der Waals surface area contributed by atoms with E-state index in [-0.39, 0.29) is 28.4 Å². The van der Waals surface area contributed by atoms with Gasteiger partial charge in [-0.3, -0.25) is 4.99 Å². The van der Waals surface area contributed by atoms with Crippen LogP contribution in [0.4, 0.5) is 0 Å². The fourth-order valence-corrected chi connectivity index (χ4v) is 3.21. The van der Waals surface area contributed by atoms with E-state index in [0.717, 1.165) is 24.2 Å². The molecule has 0 aliphatic carbocycles. The molecule has 3 rings (SSSR count). The Hall–Kier alpha value is -2.01. The molecule has 0 fully saturated rings. The topological polar surface area (TPSA) is 59.6 Å². The van der Waals surface area contributed by atoms with Crippen molar-refractivity contribution in [1.82, 2.24) is 5.32 Å². The third-order valence-corrected chi connectivity index (χ3v) is 4.85. The molecule has 0 amide bonds. The van der Waals surface area contributed by atoms with Gasteiger partial charge in [0.1, 0.15) is 5.75 Å². The van der Waals surface area contributed by atoms with Crippen molar-refractivity contribution >= 4 is 22.9 Å². The summed E-state index contributed by atoms with van der Waals surface area (Å²) < 4.78 is 5.69. The maximum absolute atomic E-state index is 6.13. The standard InChI is InChI=1S/C21H27N3O.BrH/c1-21(2,16-8-4-3-5-9-16)13-14-23-20(22)24-18-12-15-25-19-11-7-6-10-17(18)19;/h3-11,18H,12-15H2,1-2H3,(H3,22,23,24);1H. The molecule has 140 valence electrons. The molecule has 1 aliphatic rings. The lowest BCUT2D eigenvalue weighted by atomic mass is 9.82. The summed E-state index contributed by atoms with van der Waals surface area (Å²) in [6.45, 7) is 5.89. The van der Waals surface area contributed by atoms with Gasteiger partial charge in [0, 0.05) is 18.5 Å². The normalized spacial score (nSPS) is 16.8. The van der Waals surface area contributed by atoms with E-state index in [1.807, 2.05) is 24.3 Å². The number of ether oxygens (including phenoxy) is 1. The summed E-state index contributed by atoms with van der Waals surface area (Å²) >= 11 is 0. The summed E-state index contributed by atoms with van der Waals surface area (Å²) in [7, 11) is 0. The Morgan fingerprint density at radius 2 is 1.85 bits per heavy atom. The zero-order chi connectivity index (χ0) is 17.7. The van der Waals surface area contributed by atoms with E-state index in [9.17, 15) is 0 Å². The van der Waals surface area contributed by atoms with Gasteiger partial charge < -0.3 is 15.8 Å². The monoisotopic (exact) mass is 417 g/mol. The number of aliphatic imine (C=N–C) groups is 1. The Morgan fingerprint density at radius 1 is 1.15 bits per heavy atom. The fourth-order valence-electron chi connectivity index (χ4n) is 3.21. The third kappa shape index (κ3) is 5.01. The summed E-state index contributed by atoms with van der Waals surface area (Å²) in [6, 6.07) is 18.8. The first kappa shape index (κ1) is 20.3. The van der Waals surface area contributed by atoms with E-state index in [1.54, 1.807) is 0 Å². The predicted molar refractivity (Wildman–Crippen MR) is 113 cm³/mol. The van der Waals surface area contributed by atoms with Gasteiger partial charge in [-0.25, -0.2) is 0 Å². The molecule has 5 heteroatoms. The molecule has 1 aliphatic heterocycles.